The molecule has 0 N–H and O–H groups in total. The molecule has 0 radical (unpaired) electrons. The summed E-state index contributed by atoms with van der Waals surface area (Å²) in [5.41, 5.74) is 15.2. The van der Waals surface area contributed by atoms with Crippen LogP contribution in [0.4, 0.5) is 17.1 Å². The number of ether oxygens (including phenoxy) is 1. The molecular formula is C53H36N2O. The largest absolute Gasteiger partial charge is 0.456 e. The number of anilines is 3. The lowest BCUT2D eigenvalue weighted by Gasteiger charge is -2.29. The van der Waals surface area contributed by atoms with E-state index < -0.39 is 0 Å². The topological polar surface area (TPSA) is 17.4 Å². The Hall–Kier alpha value is -7.36. The first kappa shape index (κ1) is 32.1. The van der Waals surface area contributed by atoms with Crippen molar-refractivity contribution >= 4 is 49.6 Å². The highest BCUT2D eigenvalue weighted by Crippen LogP contribution is 2.50. The van der Waals surface area contributed by atoms with E-state index in [2.05, 4.69) is 204 Å². The Labute approximate surface area is 325 Å². The van der Waals surface area contributed by atoms with Gasteiger partial charge >= 0.3 is 0 Å². The van der Waals surface area contributed by atoms with Gasteiger partial charge in [-0.2, -0.15) is 0 Å². The van der Waals surface area contributed by atoms with Crippen LogP contribution >= 0.6 is 0 Å². The highest BCUT2D eigenvalue weighted by atomic mass is 16.5. The van der Waals surface area contributed by atoms with E-state index >= 15 is 0 Å². The SMILES string of the molecule is Cc1ccc(-n2c3ccccc3c3cc(-c4ccc(N(c5ccc(-c6ccccc6)cc5)c5ccc6c7c(cccc57)Oc5ccccc5-6)cc4)ccc32)cc1. The summed E-state index contributed by atoms with van der Waals surface area (Å²) < 4.78 is 8.87. The van der Waals surface area contributed by atoms with Crippen LogP contribution in [0.1, 0.15) is 5.56 Å². The second kappa shape index (κ2) is 12.9. The van der Waals surface area contributed by atoms with Gasteiger partial charge in [-0.15, -0.1) is 0 Å². The van der Waals surface area contributed by atoms with Crippen LogP contribution in [0.2, 0.25) is 0 Å². The molecule has 0 amide bonds. The Morgan fingerprint density at radius 3 is 1.80 bits per heavy atom. The van der Waals surface area contributed by atoms with Crippen LogP contribution < -0.4 is 9.64 Å². The molecule has 1 aromatic heterocycles. The molecule has 264 valence electrons. The molecule has 0 saturated heterocycles. The van der Waals surface area contributed by atoms with Gasteiger partial charge in [-0.1, -0.05) is 133 Å². The minimum absolute atomic E-state index is 0.881. The van der Waals surface area contributed by atoms with Gasteiger partial charge in [0.05, 0.1) is 16.7 Å². The van der Waals surface area contributed by atoms with Crippen molar-refractivity contribution in [1.82, 2.24) is 4.57 Å². The normalized spacial score (nSPS) is 11.8. The Morgan fingerprint density at radius 2 is 1.02 bits per heavy atom. The van der Waals surface area contributed by atoms with Crippen molar-refractivity contribution in [3.8, 4) is 50.6 Å². The summed E-state index contributed by atoms with van der Waals surface area (Å²) in [5.74, 6) is 1.77. The molecule has 0 spiro atoms. The van der Waals surface area contributed by atoms with Gasteiger partial charge in [0.25, 0.3) is 0 Å². The van der Waals surface area contributed by atoms with Crippen molar-refractivity contribution in [2.75, 3.05) is 4.90 Å². The van der Waals surface area contributed by atoms with Gasteiger partial charge in [-0.25, -0.2) is 0 Å². The van der Waals surface area contributed by atoms with E-state index in [0.29, 0.717) is 0 Å². The number of hydrogen-bond acceptors (Lipinski definition) is 2. The van der Waals surface area contributed by atoms with Crippen molar-refractivity contribution in [2.45, 2.75) is 6.92 Å². The summed E-state index contributed by atoms with van der Waals surface area (Å²) in [6.07, 6.45) is 0. The van der Waals surface area contributed by atoms with E-state index in [4.69, 9.17) is 4.74 Å². The molecule has 0 atom stereocenters. The minimum atomic E-state index is 0.881. The first-order valence-corrected chi connectivity index (χ1v) is 19.2. The number of fused-ring (bicyclic) bond motifs is 5. The zero-order valence-electron chi connectivity index (χ0n) is 30.9. The zero-order chi connectivity index (χ0) is 37.2. The molecule has 3 heteroatoms. The average Bonchev–Trinajstić information content (AvgIpc) is 3.59. The van der Waals surface area contributed by atoms with Crippen molar-refractivity contribution < 1.29 is 4.74 Å². The summed E-state index contributed by atoms with van der Waals surface area (Å²) in [6.45, 7) is 2.13. The number of nitrogens with zero attached hydrogens (tertiary/aromatic N) is 2. The molecule has 0 unspecified atom stereocenters. The van der Waals surface area contributed by atoms with Crippen LogP contribution in [-0.4, -0.2) is 4.57 Å². The maximum Gasteiger partial charge on any atom is 0.135 e. The molecule has 0 aliphatic carbocycles. The molecule has 9 aromatic carbocycles. The lowest BCUT2D eigenvalue weighted by atomic mass is 9.93. The minimum Gasteiger partial charge on any atom is -0.456 e. The number of aryl methyl sites for hydroxylation is 1. The fraction of sp³-hybridized carbons (Fsp3) is 0.0189. The molecule has 1 aliphatic rings. The van der Waals surface area contributed by atoms with Crippen molar-refractivity contribution in [2.24, 2.45) is 0 Å². The molecule has 1 aliphatic heterocycles. The van der Waals surface area contributed by atoms with Gasteiger partial charge in [-0.3, -0.25) is 0 Å². The Kier molecular flexibility index (Phi) is 7.39. The standard InChI is InChI=1S/C53H36N2O/c1-35-18-25-42(26-19-35)55-48-15-7-5-12-43(48)47-34-39(24-32-50(47)55)38-22-29-41(30-23-38)54(40-27-20-37(21-28-40)36-10-3-2-4-11-36)49-33-31-45-44-13-6-8-16-51(44)56-52-17-9-14-46(49)53(45)52/h2-34H,1H3. The van der Waals surface area contributed by atoms with Gasteiger partial charge in [-0.05, 0) is 108 Å². The summed E-state index contributed by atoms with van der Waals surface area (Å²) in [7, 11) is 0. The molecule has 0 bridgehead atoms. The van der Waals surface area contributed by atoms with Crippen molar-refractivity contribution in [1.29, 1.82) is 0 Å². The van der Waals surface area contributed by atoms with Crippen LogP contribution in [-0.2, 0) is 0 Å². The third kappa shape index (κ3) is 5.20. The van der Waals surface area contributed by atoms with Gasteiger partial charge in [0.1, 0.15) is 11.5 Å². The summed E-state index contributed by atoms with van der Waals surface area (Å²) in [5, 5.41) is 4.77. The van der Waals surface area contributed by atoms with Crippen LogP contribution in [0.5, 0.6) is 11.5 Å². The molecule has 10 aromatic rings. The molecule has 11 rings (SSSR count). The van der Waals surface area contributed by atoms with E-state index in [1.807, 2.05) is 12.1 Å². The Balaban J connectivity index is 1.04. The van der Waals surface area contributed by atoms with E-state index in [-0.39, 0.29) is 0 Å². The van der Waals surface area contributed by atoms with Crippen molar-refractivity contribution in [3.05, 3.63) is 206 Å². The number of hydrogen-bond donors (Lipinski definition) is 0. The smallest absolute Gasteiger partial charge is 0.135 e. The zero-order valence-corrected chi connectivity index (χ0v) is 30.9. The monoisotopic (exact) mass is 716 g/mol. The average molecular weight is 717 g/mol. The van der Waals surface area contributed by atoms with E-state index in [9.17, 15) is 0 Å². The number of aromatic nitrogens is 1. The summed E-state index contributed by atoms with van der Waals surface area (Å²) >= 11 is 0. The molecule has 0 saturated carbocycles. The van der Waals surface area contributed by atoms with Crippen LogP contribution in [0.15, 0.2) is 200 Å². The number of benzene rings is 9. The van der Waals surface area contributed by atoms with Crippen LogP contribution in [0.25, 0.3) is 71.6 Å². The fourth-order valence-electron chi connectivity index (χ4n) is 8.55. The van der Waals surface area contributed by atoms with Gasteiger partial charge in [0.15, 0.2) is 0 Å². The lowest BCUT2D eigenvalue weighted by molar-refractivity contribution is 0.487. The second-order valence-electron chi connectivity index (χ2n) is 14.6. The van der Waals surface area contributed by atoms with Crippen molar-refractivity contribution in [3.63, 3.8) is 0 Å². The first-order valence-electron chi connectivity index (χ1n) is 19.2. The Morgan fingerprint density at radius 1 is 0.411 bits per heavy atom. The number of para-hydroxylation sites is 2. The quantitative estimate of drug-likeness (QED) is 0.170. The summed E-state index contributed by atoms with van der Waals surface area (Å²) in [4.78, 5) is 2.38. The summed E-state index contributed by atoms with van der Waals surface area (Å²) in [6, 6.07) is 72.1. The van der Waals surface area contributed by atoms with Gasteiger partial charge in [0, 0.05) is 44.2 Å². The van der Waals surface area contributed by atoms with Crippen LogP contribution in [0, 0.1) is 6.92 Å². The molecule has 3 nitrogen and oxygen atoms in total. The molecular weight excluding hydrogens is 681 g/mol. The molecule has 2 heterocycles. The maximum absolute atomic E-state index is 6.49. The fourth-order valence-corrected chi connectivity index (χ4v) is 8.55. The molecule has 0 fully saturated rings. The predicted molar refractivity (Wildman–Crippen MR) is 234 cm³/mol. The predicted octanol–water partition coefficient (Wildman–Crippen LogP) is 14.8. The highest BCUT2D eigenvalue weighted by Gasteiger charge is 2.24. The van der Waals surface area contributed by atoms with E-state index in [1.165, 1.54) is 60.9 Å². The first-order chi connectivity index (χ1) is 27.7. The van der Waals surface area contributed by atoms with E-state index in [0.717, 1.165) is 44.9 Å². The van der Waals surface area contributed by atoms with Gasteiger partial charge < -0.3 is 14.2 Å². The van der Waals surface area contributed by atoms with Gasteiger partial charge in [0.2, 0.25) is 0 Å². The number of rotatable bonds is 6. The highest BCUT2D eigenvalue weighted by molar-refractivity contribution is 6.12. The third-order valence-electron chi connectivity index (χ3n) is 11.3. The maximum atomic E-state index is 6.49. The third-order valence-corrected chi connectivity index (χ3v) is 11.3. The van der Waals surface area contributed by atoms with E-state index in [1.54, 1.807) is 0 Å². The lowest BCUT2D eigenvalue weighted by Crippen LogP contribution is -2.11. The molecule has 56 heavy (non-hydrogen) atoms. The Bertz CT molecular complexity index is 3090. The second-order valence-corrected chi connectivity index (χ2v) is 14.6. The van der Waals surface area contributed by atoms with Crippen LogP contribution in [0.3, 0.4) is 0 Å².